The first-order valence-electron chi connectivity index (χ1n) is 5.72. The second-order valence-electron chi connectivity index (χ2n) is 2.60. The molecular formula is C9H9F2NO2. The maximum absolute atomic E-state index is 12.8. The molecule has 1 aliphatic heterocycles. The van der Waals surface area contributed by atoms with Gasteiger partial charge in [0.2, 0.25) is 0 Å². The molecule has 1 aromatic carbocycles. The predicted octanol–water partition coefficient (Wildman–Crippen LogP) is 1.51. The van der Waals surface area contributed by atoms with Crippen LogP contribution in [0.4, 0.5) is 8.78 Å². The number of benzene rings is 1. The molecule has 1 aromatic rings. The van der Waals surface area contributed by atoms with E-state index in [0.717, 1.165) is 18.2 Å². The van der Waals surface area contributed by atoms with Crippen LogP contribution in [-0.2, 0) is 6.37 Å². The highest BCUT2D eigenvalue weighted by atomic mass is 19.3. The number of alkyl halides is 2. The molecule has 0 fully saturated rings. The molecule has 0 aromatic heterocycles. The molecule has 2 rings (SSSR count). The summed E-state index contributed by atoms with van der Waals surface area (Å²) >= 11 is 0. The van der Waals surface area contributed by atoms with Gasteiger partial charge in [-0.25, -0.2) is 0 Å². The highest BCUT2D eigenvalue weighted by molar-refractivity contribution is 5.45. The summed E-state index contributed by atoms with van der Waals surface area (Å²) in [5, 5.41) is 0. The topological polar surface area (TPSA) is 44.5 Å². The zero-order valence-corrected chi connectivity index (χ0v) is 6.88. The van der Waals surface area contributed by atoms with E-state index in [4.69, 9.17) is 11.2 Å². The molecule has 1 aliphatic rings. The van der Waals surface area contributed by atoms with Gasteiger partial charge in [0.05, 0.1) is 0 Å². The van der Waals surface area contributed by atoms with Crippen LogP contribution < -0.4 is 15.2 Å². The van der Waals surface area contributed by atoms with Crippen LogP contribution in [0.15, 0.2) is 18.2 Å². The summed E-state index contributed by atoms with van der Waals surface area (Å²) in [7, 11) is 0. The Morgan fingerprint density at radius 1 is 1.36 bits per heavy atom. The zero-order valence-electron chi connectivity index (χ0n) is 10.9. The third-order valence-electron chi connectivity index (χ3n) is 1.62. The van der Waals surface area contributed by atoms with E-state index < -0.39 is 19.2 Å². The first kappa shape index (κ1) is 5.50. The summed E-state index contributed by atoms with van der Waals surface area (Å²) in [6.07, 6.45) is -6.35. The molecule has 0 unspecified atom stereocenters. The van der Waals surface area contributed by atoms with Crippen LogP contribution in [0.1, 0.15) is 11.0 Å². The van der Waals surface area contributed by atoms with Crippen LogP contribution in [0.2, 0.25) is 0 Å². The maximum Gasteiger partial charge on any atom is 0.586 e. The van der Waals surface area contributed by atoms with Crippen molar-refractivity contribution in [3.05, 3.63) is 23.8 Å². The first-order valence-corrected chi connectivity index (χ1v) is 3.72. The van der Waals surface area contributed by atoms with E-state index in [-0.39, 0.29) is 17.1 Å². The molecule has 0 saturated carbocycles. The minimum absolute atomic E-state index is 0.213. The Kier molecular flexibility index (Phi) is 1.22. The molecular weight excluding hydrogens is 192 g/mol. The highest BCUT2D eigenvalue weighted by Gasteiger charge is 2.43. The summed E-state index contributed by atoms with van der Waals surface area (Å²) in [5.41, 5.74) is 4.87. The third-order valence-corrected chi connectivity index (χ3v) is 1.62. The second kappa shape index (κ2) is 3.09. The minimum atomic E-state index is -3.80. The molecule has 0 atom stereocenters. The summed E-state index contributed by atoms with van der Waals surface area (Å²) in [6, 6.07) is 3.14. The number of nitrogens with two attached hydrogens (primary N) is 1. The van der Waals surface area contributed by atoms with Crippen LogP contribution in [0.25, 0.3) is 0 Å². The van der Waals surface area contributed by atoms with Crippen molar-refractivity contribution in [3.8, 4) is 11.5 Å². The summed E-state index contributed by atoms with van der Waals surface area (Å²) in [6.45, 7) is -2.66. The number of hydrogen-bond donors (Lipinski definition) is 1. The van der Waals surface area contributed by atoms with Crippen molar-refractivity contribution in [2.24, 2.45) is 5.73 Å². The van der Waals surface area contributed by atoms with E-state index in [0.29, 0.717) is 0 Å². The molecule has 0 aliphatic carbocycles. The smallest absolute Gasteiger partial charge is 0.395 e. The highest BCUT2D eigenvalue weighted by Crippen LogP contribution is 2.41. The van der Waals surface area contributed by atoms with Gasteiger partial charge in [-0.3, -0.25) is 0 Å². The Bertz CT molecular complexity index is 490. The van der Waals surface area contributed by atoms with Crippen LogP contribution in [0.5, 0.6) is 11.5 Å². The number of aryl methyl sites for hydroxylation is 1. The SMILES string of the molecule is [2H]C([2H])(N)C([2H])([2H])c1ccc2c(c1)OC(F)(F)O2. The molecule has 5 heteroatoms. The van der Waals surface area contributed by atoms with E-state index in [9.17, 15) is 8.78 Å². The lowest BCUT2D eigenvalue weighted by Crippen LogP contribution is -2.25. The molecule has 14 heavy (non-hydrogen) atoms. The lowest BCUT2D eigenvalue weighted by atomic mass is 10.1. The molecule has 0 saturated heterocycles. The van der Waals surface area contributed by atoms with E-state index in [2.05, 4.69) is 9.47 Å². The third kappa shape index (κ3) is 1.63. The molecule has 0 radical (unpaired) electrons. The van der Waals surface area contributed by atoms with Gasteiger partial charge in [0.25, 0.3) is 0 Å². The fourth-order valence-corrected chi connectivity index (χ4v) is 1.11. The van der Waals surface area contributed by atoms with Gasteiger partial charge in [0.1, 0.15) is 0 Å². The summed E-state index contributed by atoms with van der Waals surface area (Å²) in [5.74, 6) is -0.595. The molecule has 3 nitrogen and oxygen atoms in total. The molecule has 76 valence electrons. The van der Waals surface area contributed by atoms with E-state index >= 15 is 0 Å². The Labute approximate surface area is 85.0 Å². The summed E-state index contributed by atoms with van der Waals surface area (Å²) in [4.78, 5) is 0. The summed E-state index contributed by atoms with van der Waals surface area (Å²) < 4.78 is 63.3. The van der Waals surface area contributed by atoms with Gasteiger partial charge < -0.3 is 15.2 Å². The molecule has 1 heterocycles. The van der Waals surface area contributed by atoms with Gasteiger partial charge in [-0.2, -0.15) is 0 Å². The predicted molar refractivity (Wildman–Crippen MR) is 45.4 cm³/mol. The van der Waals surface area contributed by atoms with Crippen LogP contribution in [0.3, 0.4) is 0 Å². The van der Waals surface area contributed by atoms with E-state index in [1.807, 2.05) is 0 Å². The Balaban J connectivity index is 2.41. The standard InChI is InChI=1S/C9H9F2NO2/c10-9(11)13-7-2-1-6(3-4-12)5-8(7)14-9/h1-2,5H,3-4,12H2/i3D2,4D2. The van der Waals surface area contributed by atoms with Crippen LogP contribution >= 0.6 is 0 Å². The number of ether oxygens (including phenoxy) is 2. The Morgan fingerprint density at radius 2 is 2.07 bits per heavy atom. The minimum Gasteiger partial charge on any atom is -0.395 e. The van der Waals surface area contributed by atoms with Crippen molar-refractivity contribution in [3.63, 3.8) is 0 Å². The normalized spacial score (nSPS) is 23.4. The zero-order chi connectivity index (χ0) is 13.8. The van der Waals surface area contributed by atoms with E-state index in [1.165, 1.54) is 0 Å². The van der Waals surface area contributed by atoms with Gasteiger partial charge in [0, 0.05) is 5.48 Å². The number of rotatable bonds is 2. The average Bonchev–Trinajstić information content (AvgIpc) is 2.48. The van der Waals surface area contributed by atoms with Crippen molar-refractivity contribution in [2.45, 2.75) is 12.7 Å². The van der Waals surface area contributed by atoms with Crippen molar-refractivity contribution >= 4 is 0 Å². The lowest BCUT2D eigenvalue weighted by molar-refractivity contribution is -0.286. The van der Waals surface area contributed by atoms with Crippen LogP contribution in [0, 0.1) is 0 Å². The largest absolute Gasteiger partial charge is 0.586 e. The maximum atomic E-state index is 12.8. The fourth-order valence-electron chi connectivity index (χ4n) is 1.11. The number of fused-ring (bicyclic) bond motifs is 1. The molecule has 0 amide bonds. The molecule has 0 bridgehead atoms. The Morgan fingerprint density at radius 3 is 2.79 bits per heavy atom. The van der Waals surface area contributed by atoms with Gasteiger partial charge in [-0.15, -0.1) is 8.78 Å². The van der Waals surface area contributed by atoms with Crippen molar-refractivity contribution < 1.29 is 23.7 Å². The average molecular weight is 205 g/mol. The van der Waals surface area contributed by atoms with E-state index in [1.54, 1.807) is 0 Å². The quantitative estimate of drug-likeness (QED) is 0.795. The monoisotopic (exact) mass is 205 g/mol. The van der Waals surface area contributed by atoms with Crippen molar-refractivity contribution in [2.75, 3.05) is 6.50 Å². The molecule has 2 N–H and O–H groups in total. The number of halogens is 2. The fraction of sp³-hybridized carbons (Fsp3) is 0.333. The number of hydrogen-bond acceptors (Lipinski definition) is 3. The molecule has 0 spiro atoms. The van der Waals surface area contributed by atoms with Gasteiger partial charge >= 0.3 is 6.29 Å². The van der Waals surface area contributed by atoms with Crippen molar-refractivity contribution in [1.29, 1.82) is 0 Å². The first-order chi connectivity index (χ1) is 8.03. The van der Waals surface area contributed by atoms with Crippen molar-refractivity contribution in [1.82, 2.24) is 0 Å². The lowest BCUT2D eigenvalue weighted by Gasteiger charge is -2.04. The van der Waals surface area contributed by atoms with Gasteiger partial charge in [-0.1, -0.05) is 6.07 Å². The second-order valence-corrected chi connectivity index (χ2v) is 2.60. The van der Waals surface area contributed by atoms with Crippen LogP contribution in [-0.4, -0.2) is 12.8 Å². The Hall–Kier alpha value is -1.36. The van der Waals surface area contributed by atoms with Gasteiger partial charge in [0.15, 0.2) is 11.5 Å². The van der Waals surface area contributed by atoms with Gasteiger partial charge in [-0.05, 0) is 30.6 Å².